The van der Waals surface area contributed by atoms with Gasteiger partial charge < -0.3 is 15.0 Å². The van der Waals surface area contributed by atoms with Gasteiger partial charge >= 0.3 is 5.97 Å². The smallest absolute Gasteiger partial charge is 0.303 e. The number of allylic oxidation sites excluding steroid dienone is 1. The third kappa shape index (κ3) is 4.45. The highest BCUT2D eigenvalue weighted by atomic mass is 16.5. The van der Waals surface area contributed by atoms with Crippen LogP contribution in [0.15, 0.2) is 42.1 Å². The third-order valence-corrected chi connectivity index (χ3v) is 11.4. The summed E-state index contributed by atoms with van der Waals surface area (Å²) in [5.74, 6) is 2.75. The first-order chi connectivity index (χ1) is 17.6. The summed E-state index contributed by atoms with van der Waals surface area (Å²) in [6.07, 6.45) is 10.2. The zero-order valence-electron chi connectivity index (χ0n) is 23.6. The summed E-state index contributed by atoms with van der Waals surface area (Å²) in [4.78, 5) is 27.7. The minimum absolute atomic E-state index is 0.0799. The van der Waals surface area contributed by atoms with Gasteiger partial charge in [0.1, 0.15) is 6.10 Å². The first-order valence-corrected chi connectivity index (χ1v) is 14.5. The van der Waals surface area contributed by atoms with E-state index in [9.17, 15) is 9.59 Å². The monoisotopic (exact) mass is 506 g/mol. The van der Waals surface area contributed by atoms with E-state index in [4.69, 9.17) is 4.74 Å². The first-order valence-electron chi connectivity index (χ1n) is 14.5. The number of fused-ring (bicyclic) bond motifs is 5. The molecule has 9 atom stereocenters. The largest absolute Gasteiger partial charge is 0.456 e. The number of esters is 1. The summed E-state index contributed by atoms with van der Waals surface area (Å²) in [5, 5.41) is 3.13. The maximum Gasteiger partial charge on any atom is 0.303 e. The Labute approximate surface area is 223 Å². The van der Waals surface area contributed by atoms with Crippen LogP contribution in [0.5, 0.6) is 0 Å². The highest BCUT2D eigenvalue weighted by Gasteiger charge is 2.62. The molecule has 3 fully saturated rings. The Bertz CT molecular complexity index is 1050. The van der Waals surface area contributed by atoms with E-state index in [1.54, 1.807) is 0 Å². The summed E-state index contributed by atoms with van der Waals surface area (Å²) < 4.78 is 6.01. The van der Waals surface area contributed by atoms with Crippen LogP contribution in [0.3, 0.4) is 0 Å². The molecule has 5 rings (SSSR count). The zero-order chi connectivity index (χ0) is 26.5. The van der Waals surface area contributed by atoms with Crippen LogP contribution in [0.25, 0.3) is 0 Å². The number of rotatable bonds is 5. The summed E-state index contributed by atoms with van der Waals surface area (Å²) >= 11 is 0. The maximum atomic E-state index is 13.0. The van der Waals surface area contributed by atoms with Gasteiger partial charge in [-0.3, -0.25) is 9.59 Å². The van der Waals surface area contributed by atoms with Crippen molar-refractivity contribution in [3.05, 3.63) is 47.7 Å². The molecule has 7 unspecified atom stereocenters. The average Bonchev–Trinajstić information content (AvgIpc) is 3.22. The molecule has 0 saturated heterocycles. The first kappa shape index (κ1) is 26.5. The number of carbonyl (C=O) groups is 2. The quantitative estimate of drug-likeness (QED) is 0.493. The molecule has 4 aliphatic rings. The Balaban J connectivity index is 1.41. The molecule has 1 amide bonds. The summed E-state index contributed by atoms with van der Waals surface area (Å²) in [6, 6.07) is 9.90. The predicted octanol–water partition coefficient (Wildman–Crippen LogP) is 6.06. The topological polar surface area (TPSA) is 58.6 Å². The molecule has 5 nitrogen and oxygen atoms in total. The molecule has 5 heteroatoms. The Morgan fingerprint density at radius 2 is 1.65 bits per heavy atom. The number of benzene rings is 1. The summed E-state index contributed by atoms with van der Waals surface area (Å²) in [7, 11) is 4.47. The van der Waals surface area contributed by atoms with Gasteiger partial charge in [-0.2, -0.15) is 0 Å². The van der Waals surface area contributed by atoms with Gasteiger partial charge in [-0.15, -0.1) is 0 Å². The fourth-order valence-corrected chi connectivity index (χ4v) is 9.38. The number of ether oxygens (including phenoxy) is 1. The van der Waals surface area contributed by atoms with Crippen molar-refractivity contribution in [2.45, 2.75) is 84.8 Å². The number of nitrogens with one attached hydrogen (secondary N) is 1. The lowest BCUT2D eigenvalue weighted by Crippen LogP contribution is -2.57. The molecule has 0 spiro atoms. The lowest BCUT2D eigenvalue weighted by molar-refractivity contribution is -0.162. The second kappa shape index (κ2) is 9.87. The zero-order valence-corrected chi connectivity index (χ0v) is 23.6. The molecule has 0 aromatic heterocycles. The molecule has 202 valence electrons. The molecular formula is C32H46N2O3. The van der Waals surface area contributed by atoms with Crippen LogP contribution in [0.1, 0.15) is 83.0 Å². The number of hydrogen-bond acceptors (Lipinski definition) is 4. The molecule has 37 heavy (non-hydrogen) atoms. The summed E-state index contributed by atoms with van der Waals surface area (Å²) in [6.45, 7) is 8.96. The van der Waals surface area contributed by atoms with E-state index in [-0.39, 0.29) is 29.3 Å². The highest BCUT2D eigenvalue weighted by molar-refractivity contribution is 5.95. The van der Waals surface area contributed by atoms with Gasteiger partial charge in [-0.05, 0) is 113 Å². The standard InChI is InChI=1S/C32H46N2O3/c1-20(34(5)6)24-14-15-25-23-12-13-27-29(37-21(2)35)28(33-30(36)22-10-8-7-9-11-22)17-19-32(27,4)26(23)16-18-31(24,25)3/h7-11,17,20,23-27,29H,12-16,18-19H2,1-6H3,(H,33,36)/t20?,23?,24?,25?,26?,27?,29?,31-,32-/m1/s1. The lowest BCUT2D eigenvalue weighted by Gasteiger charge is -2.61. The van der Waals surface area contributed by atoms with Crippen molar-refractivity contribution >= 4 is 11.9 Å². The van der Waals surface area contributed by atoms with Gasteiger partial charge in [0.25, 0.3) is 5.91 Å². The number of amides is 1. The minimum atomic E-state index is -0.386. The van der Waals surface area contributed by atoms with Crippen LogP contribution in [0.2, 0.25) is 0 Å². The van der Waals surface area contributed by atoms with Gasteiger partial charge in [0.15, 0.2) is 0 Å². The van der Waals surface area contributed by atoms with Crippen LogP contribution in [-0.4, -0.2) is 43.0 Å². The molecule has 0 radical (unpaired) electrons. The summed E-state index contributed by atoms with van der Waals surface area (Å²) in [5.41, 5.74) is 1.89. The molecule has 0 bridgehead atoms. The van der Waals surface area contributed by atoms with Gasteiger partial charge in [0, 0.05) is 24.4 Å². The number of nitrogens with zero attached hydrogens (tertiary/aromatic N) is 1. The maximum absolute atomic E-state index is 13.0. The molecule has 3 saturated carbocycles. The Morgan fingerprint density at radius 3 is 2.32 bits per heavy atom. The van der Waals surface area contributed by atoms with Crippen molar-refractivity contribution in [1.82, 2.24) is 10.2 Å². The minimum Gasteiger partial charge on any atom is -0.456 e. The average molecular weight is 507 g/mol. The van der Waals surface area contributed by atoms with Crippen LogP contribution in [0.4, 0.5) is 0 Å². The fraction of sp³-hybridized carbons (Fsp3) is 0.688. The molecule has 0 heterocycles. The highest BCUT2D eigenvalue weighted by Crippen LogP contribution is 2.67. The Kier molecular flexibility index (Phi) is 7.06. The van der Waals surface area contributed by atoms with Crippen LogP contribution in [-0.2, 0) is 9.53 Å². The van der Waals surface area contributed by atoms with E-state index in [1.165, 1.54) is 39.0 Å². The molecular weight excluding hydrogens is 460 g/mol. The van der Waals surface area contributed by atoms with Crippen molar-refractivity contribution in [2.24, 2.45) is 40.4 Å². The van der Waals surface area contributed by atoms with Gasteiger partial charge in [0.05, 0.1) is 5.70 Å². The van der Waals surface area contributed by atoms with Gasteiger partial charge in [-0.1, -0.05) is 38.1 Å². The molecule has 1 aromatic rings. The van der Waals surface area contributed by atoms with Crippen LogP contribution < -0.4 is 5.32 Å². The molecule has 1 N–H and O–H groups in total. The fourth-order valence-electron chi connectivity index (χ4n) is 9.38. The van der Waals surface area contributed by atoms with Crippen molar-refractivity contribution in [1.29, 1.82) is 0 Å². The van der Waals surface area contributed by atoms with Crippen LogP contribution in [0, 0.1) is 40.4 Å². The second-order valence-electron chi connectivity index (χ2n) is 13.2. The lowest BCUT2D eigenvalue weighted by atomic mass is 9.44. The SMILES string of the molecule is CC(=O)OC1C(NC(=O)c2ccccc2)=CC[C@@]2(C)C1CCC1C2CC[C@@]2(C)C1CCC2C(C)N(C)C. The molecule has 0 aliphatic heterocycles. The molecule has 4 aliphatic carbocycles. The number of carbonyl (C=O) groups excluding carboxylic acids is 2. The normalized spacial score (nSPS) is 39.6. The van der Waals surface area contributed by atoms with Crippen molar-refractivity contribution in [3.63, 3.8) is 0 Å². The third-order valence-electron chi connectivity index (χ3n) is 11.4. The van der Waals surface area contributed by atoms with E-state index in [2.05, 4.69) is 51.2 Å². The van der Waals surface area contributed by atoms with Gasteiger partial charge in [-0.25, -0.2) is 0 Å². The van der Waals surface area contributed by atoms with Crippen LogP contribution >= 0.6 is 0 Å². The second-order valence-corrected chi connectivity index (χ2v) is 13.2. The van der Waals surface area contributed by atoms with Crippen molar-refractivity contribution < 1.29 is 14.3 Å². The molecule has 1 aromatic carbocycles. The number of hydrogen-bond donors (Lipinski definition) is 1. The Hall–Kier alpha value is -2.14. The van der Waals surface area contributed by atoms with Crippen molar-refractivity contribution in [2.75, 3.05) is 14.1 Å². The van der Waals surface area contributed by atoms with E-state index < -0.39 is 0 Å². The van der Waals surface area contributed by atoms with E-state index in [0.717, 1.165) is 36.3 Å². The van der Waals surface area contributed by atoms with E-state index in [0.29, 0.717) is 22.9 Å². The van der Waals surface area contributed by atoms with E-state index >= 15 is 0 Å². The van der Waals surface area contributed by atoms with Gasteiger partial charge in [0.2, 0.25) is 0 Å². The van der Waals surface area contributed by atoms with E-state index in [1.807, 2.05) is 30.3 Å². The predicted molar refractivity (Wildman–Crippen MR) is 147 cm³/mol. The van der Waals surface area contributed by atoms with Crippen molar-refractivity contribution in [3.8, 4) is 0 Å². The Morgan fingerprint density at radius 1 is 0.973 bits per heavy atom.